The van der Waals surface area contributed by atoms with Crippen molar-refractivity contribution in [2.75, 3.05) is 32.1 Å². The molecule has 124 valence electrons. The van der Waals surface area contributed by atoms with Crippen molar-refractivity contribution in [2.24, 2.45) is 0 Å². The van der Waals surface area contributed by atoms with Crippen molar-refractivity contribution >= 4 is 39.5 Å². The molecule has 2 amide bonds. The highest BCUT2D eigenvalue weighted by atomic mass is 79.9. The molecule has 2 heterocycles. The van der Waals surface area contributed by atoms with Crippen molar-refractivity contribution in [3.63, 3.8) is 0 Å². The van der Waals surface area contributed by atoms with E-state index in [4.69, 9.17) is 9.47 Å². The lowest BCUT2D eigenvalue weighted by molar-refractivity contribution is 0.0664. The molecule has 7 heteroatoms. The Morgan fingerprint density at radius 3 is 2.87 bits per heavy atom. The summed E-state index contributed by atoms with van der Waals surface area (Å²) in [4.78, 5) is 25.9. The maximum atomic E-state index is 12.3. The number of rotatable bonds is 8. The fourth-order valence-electron chi connectivity index (χ4n) is 2.39. The molecule has 0 saturated carbocycles. The van der Waals surface area contributed by atoms with Crippen LogP contribution >= 0.6 is 27.7 Å². The van der Waals surface area contributed by atoms with Crippen molar-refractivity contribution in [1.29, 1.82) is 0 Å². The van der Waals surface area contributed by atoms with Gasteiger partial charge in [0.25, 0.3) is 11.8 Å². The molecule has 1 fully saturated rings. The van der Waals surface area contributed by atoms with Gasteiger partial charge in [0.2, 0.25) is 0 Å². The van der Waals surface area contributed by atoms with Gasteiger partial charge in [0.05, 0.1) is 30.9 Å². The minimum absolute atomic E-state index is 0.201. The Balaban J connectivity index is 1.45. The van der Waals surface area contributed by atoms with Crippen molar-refractivity contribution in [3.8, 4) is 0 Å². The number of hydrogen-bond donors (Lipinski definition) is 0. The molecule has 1 aromatic rings. The van der Waals surface area contributed by atoms with Crippen molar-refractivity contribution in [3.05, 3.63) is 33.8 Å². The number of thioether (sulfide) groups is 1. The molecule has 0 radical (unpaired) electrons. The summed E-state index contributed by atoms with van der Waals surface area (Å²) in [6.45, 7) is 4.61. The standard InChI is InChI=1S/C16H18BrNO4S/c1-10(7-21-8-12-9-22-12)23-5-4-18-15(19)13-3-2-11(17)6-14(13)16(18)20/h2-3,6,10,12H,4-5,7-9H2,1H3. The minimum Gasteiger partial charge on any atom is -0.378 e. The lowest BCUT2D eigenvalue weighted by Crippen LogP contribution is -2.32. The molecule has 0 bridgehead atoms. The molecule has 3 rings (SSSR count). The number of benzene rings is 1. The summed E-state index contributed by atoms with van der Waals surface area (Å²) in [5.41, 5.74) is 0.971. The predicted molar refractivity (Wildman–Crippen MR) is 92.0 cm³/mol. The highest BCUT2D eigenvalue weighted by Gasteiger charge is 2.35. The summed E-state index contributed by atoms with van der Waals surface area (Å²) in [5.74, 6) is 0.298. The Bertz CT molecular complexity index is 620. The van der Waals surface area contributed by atoms with Crippen LogP contribution in [0.15, 0.2) is 22.7 Å². The maximum absolute atomic E-state index is 12.3. The number of fused-ring (bicyclic) bond motifs is 1. The van der Waals surface area contributed by atoms with Crippen molar-refractivity contribution in [2.45, 2.75) is 18.3 Å². The molecule has 0 N–H and O–H groups in total. The second-order valence-electron chi connectivity index (χ2n) is 5.63. The van der Waals surface area contributed by atoms with E-state index in [0.717, 1.165) is 11.1 Å². The summed E-state index contributed by atoms with van der Waals surface area (Å²) in [6, 6.07) is 5.19. The zero-order valence-electron chi connectivity index (χ0n) is 12.8. The zero-order chi connectivity index (χ0) is 16.4. The highest BCUT2D eigenvalue weighted by molar-refractivity contribution is 9.10. The minimum atomic E-state index is -0.207. The molecule has 1 saturated heterocycles. The van der Waals surface area contributed by atoms with Gasteiger partial charge in [-0.05, 0) is 18.2 Å². The molecule has 0 aliphatic carbocycles. The smallest absolute Gasteiger partial charge is 0.261 e. The molecule has 23 heavy (non-hydrogen) atoms. The molecule has 5 nitrogen and oxygen atoms in total. The molecular weight excluding hydrogens is 382 g/mol. The molecule has 1 aromatic carbocycles. The average molecular weight is 400 g/mol. The number of amides is 2. The summed E-state index contributed by atoms with van der Waals surface area (Å²) < 4.78 is 11.4. The summed E-state index contributed by atoms with van der Waals surface area (Å²) in [5, 5.41) is 0.318. The van der Waals surface area contributed by atoms with E-state index in [9.17, 15) is 9.59 Å². The maximum Gasteiger partial charge on any atom is 0.261 e. The normalized spacial score (nSPS) is 20.8. The van der Waals surface area contributed by atoms with Crippen LogP contribution in [0.25, 0.3) is 0 Å². The van der Waals surface area contributed by atoms with E-state index in [-0.39, 0.29) is 17.9 Å². The fourth-order valence-corrected chi connectivity index (χ4v) is 3.63. The van der Waals surface area contributed by atoms with Crippen LogP contribution in [-0.2, 0) is 9.47 Å². The topological polar surface area (TPSA) is 59.1 Å². The van der Waals surface area contributed by atoms with Crippen LogP contribution in [0.1, 0.15) is 27.6 Å². The second-order valence-corrected chi connectivity index (χ2v) is 8.09. The van der Waals surface area contributed by atoms with Gasteiger partial charge in [-0.1, -0.05) is 22.9 Å². The van der Waals surface area contributed by atoms with Crippen LogP contribution in [0.5, 0.6) is 0 Å². The third-order valence-corrected chi connectivity index (χ3v) is 5.33. The van der Waals surface area contributed by atoms with E-state index < -0.39 is 0 Å². The van der Waals surface area contributed by atoms with Crippen molar-refractivity contribution < 1.29 is 19.1 Å². The van der Waals surface area contributed by atoms with Gasteiger partial charge in [0, 0.05) is 22.0 Å². The van der Waals surface area contributed by atoms with Gasteiger partial charge in [-0.3, -0.25) is 14.5 Å². The quantitative estimate of drug-likeness (QED) is 0.496. The Morgan fingerprint density at radius 2 is 2.13 bits per heavy atom. The molecule has 2 aliphatic heterocycles. The molecular formula is C16H18BrNO4S. The number of carbonyl (C=O) groups excluding carboxylic acids is 2. The first-order chi connectivity index (χ1) is 11.1. The number of halogens is 1. The van der Waals surface area contributed by atoms with Gasteiger partial charge >= 0.3 is 0 Å². The molecule has 2 aliphatic rings. The lowest BCUT2D eigenvalue weighted by atomic mass is 10.1. The van der Waals surface area contributed by atoms with E-state index in [2.05, 4.69) is 22.9 Å². The monoisotopic (exact) mass is 399 g/mol. The first-order valence-electron chi connectivity index (χ1n) is 7.53. The summed E-state index contributed by atoms with van der Waals surface area (Å²) in [6.07, 6.45) is 0.282. The fraction of sp³-hybridized carbons (Fsp3) is 0.500. The molecule has 2 atom stereocenters. The van der Waals surface area contributed by atoms with Crippen LogP contribution in [0.3, 0.4) is 0 Å². The SMILES string of the molecule is CC(COCC1CO1)SCCN1C(=O)c2ccc(Br)cc2C1=O. The predicted octanol–water partition coefficient (Wildman–Crippen LogP) is 2.58. The molecule has 0 spiro atoms. The van der Waals surface area contributed by atoms with E-state index in [1.165, 1.54) is 4.90 Å². The number of nitrogens with zero attached hydrogens (tertiary/aromatic N) is 1. The van der Waals surface area contributed by atoms with Crippen molar-refractivity contribution in [1.82, 2.24) is 4.90 Å². The summed E-state index contributed by atoms with van der Waals surface area (Å²) in [7, 11) is 0. The van der Waals surface area contributed by atoms with Gasteiger partial charge in [-0.2, -0.15) is 11.8 Å². The van der Waals surface area contributed by atoms with Crippen LogP contribution < -0.4 is 0 Å². The van der Waals surface area contributed by atoms with Gasteiger partial charge in [-0.15, -0.1) is 0 Å². The summed E-state index contributed by atoms with van der Waals surface area (Å²) >= 11 is 5.03. The van der Waals surface area contributed by atoms with E-state index >= 15 is 0 Å². The Labute approximate surface area is 147 Å². The number of ether oxygens (including phenoxy) is 2. The van der Waals surface area contributed by atoms with Gasteiger partial charge < -0.3 is 9.47 Å². The first-order valence-corrected chi connectivity index (χ1v) is 9.37. The Kier molecular flexibility index (Phi) is 5.41. The number of epoxide rings is 1. The van der Waals surface area contributed by atoms with Crippen LogP contribution in [-0.4, -0.2) is 60.2 Å². The second kappa shape index (κ2) is 7.34. The number of imide groups is 1. The van der Waals surface area contributed by atoms with E-state index in [1.54, 1.807) is 30.0 Å². The van der Waals surface area contributed by atoms with E-state index in [1.807, 2.05) is 0 Å². The zero-order valence-corrected chi connectivity index (χ0v) is 15.2. The van der Waals surface area contributed by atoms with Gasteiger partial charge in [-0.25, -0.2) is 0 Å². The average Bonchev–Trinajstić information content (AvgIpc) is 3.31. The van der Waals surface area contributed by atoms with Crippen LogP contribution in [0.4, 0.5) is 0 Å². The lowest BCUT2D eigenvalue weighted by Gasteiger charge is -2.16. The number of carbonyl (C=O) groups is 2. The third kappa shape index (κ3) is 4.15. The third-order valence-electron chi connectivity index (χ3n) is 3.71. The largest absolute Gasteiger partial charge is 0.378 e. The van der Waals surface area contributed by atoms with Crippen LogP contribution in [0.2, 0.25) is 0 Å². The first kappa shape index (κ1) is 17.0. The molecule has 2 unspecified atom stereocenters. The Hall–Kier alpha value is -0.890. The van der Waals surface area contributed by atoms with Crippen LogP contribution in [0, 0.1) is 0 Å². The van der Waals surface area contributed by atoms with E-state index in [0.29, 0.717) is 41.9 Å². The van der Waals surface area contributed by atoms with Gasteiger partial charge in [0.1, 0.15) is 6.10 Å². The van der Waals surface area contributed by atoms with Gasteiger partial charge in [0.15, 0.2) is 0 Å². The highest BCUT2D eigenvalue weighted by Crippen LogP contribution is 2.26. The number of hydrogen-bond acceptors (Lipinski definition) is 5. The molecule has 0 aromatic heterocycles. The Morgan fingerprint density at radius 1 is 1.39 bits per heavy atom.